The van der Waals surface area contributed by atoms with Gasteiger partial charge in [0.2, 0.25) is 0 Å². The van der Waals surface area contributed by atoms with Crippen LogP contribution in [-0.4, -0.2) is 15.3 Å². The number of aromatic nitrogens is 2. The second-order valence-corrected chi connectivity index (χ2v) is 5.11. The monoisotopic (exact) mass is 276 g/mol. The van der Waals surface area contributed by atoms with Crippen molar-refractivity contribution in [2.45, 2.75) is 13.8 Å². The van der Waals surface area contributed by atoms with Gasteiger partial charge < -0.3 is 4.57 Å². The van der Waals surface area contributed by atoms with E-state index in [0.29, 0.717) is 5.56 Å². The minimum Gasteiger partial charge on any atom is -0.306 e. The number of carbonyl (C=O) groups is 1. The first-order valence-corrected chi connectivity index (χ1v) is 6.86. The van der Waals surface area contributed by atoms with E-state index in [-0.39, 0.29) is 5.78 Å². The minimum absolute atomic E-state index is 0.0720. The maximum Gasteiger partial charge on any atom is 0.193 e. The van der Waals surface area contributed by atoms with Gasteiger partial charge in [-0.2, -0.15) is 0 Å². The lowest BCUT2D eigenvalue weighted by atomic mass is 9.95. The highest BCUT2D eigenvalue weighted by Crippen LogP contribution is 2.19. The number of hydrogen-bond acceptors (Lipinski definition) is 2. The molecule has 0 aliphatic carbocycles. The second kappa shape index (κ2) is 5.37. The molecule has 0 N–H and O–H groups in total. The quantitative estimate of drug-likeness (QED) is 0.683. The van der Waals surface area contributed by atoms with Crippen molar-refractivity contribution in [1.82, 2.24) is 9.55 Å². The van der Waals surface area contributed by atoms with Crippen molar-refractivity contribution >= 4 is 5.78 Å². The SMILES string of the molecule is Cc1cccc(C)c1C(=O)c1ccc(-n2ccnc2)cc1. The molecular weight excluding hydrogens is 260 g/mol. The van der Waals surface area contributed by atoms with Crippen molar-refractivity contribution in [2.75, 3.05) is 0 Å². The molecule has 21 heavy (non-hydrogen) atoms. The van der Waals surface area contributed by atoms with Crippen LogP contribution in [0.1, 0.15) is 27.0 Å². The summed E-state index contributed by atoms with van der Waals surface area (Å²) in [5.74, 6) is 0.0720. The Labute approximate surface area is 123 Å². The van der Waals surface area contributed by atoms with Crippen molar-refractivity contribution in [2.24, 2.45) is 0 Å². The first kappa shape index (κ1) is 13.3. The van der Waals surface area contributed by atoms with E-state index in [4.69, 9.17) is 0 Å². The van der Waals surface area contributed by atoms with Crippen molar-refractivity contribution in [1.29, 1.82) is 0 Å². The van der Waals surface area contributed by atoms with Gasteiger partial charge in [-0.15, -0.1) is 0 Å². The van der Waals surface area contributed by atoms with Gasteiger partial charge >= 0.3 is 0 Å². The molecule has 104 valence electrons. The topological polar surface area (TPSA) is 34.9 Å². The third kappa shape index (κ3) is 2.50. The Kier molecular flexibility index (Phi) is 3.40. The summed E-state index contributed by atoms with van der Waals surface area (Å²) >= 11 is 0. The summed E-state index contributed by atoms with van der Waals surface area (Å²) in [6.45, 7) is 3.94. The van der Waals surface area contributed by atoms with Crippen molar-refractivity contribution in [3.63, 3.8) is 0 Å². The van der Waals surface area contributed by atoms with Gasteiger partial charge in [0.05, 0.1) is 6.33 Å². The van der Waals surface area contributed by atoms with Gasteiger partial charge in [0, 0.05) is 29.2 Å². The molecule has 1 heterocycles. The van der Waals surface area contributed by atoms with Crippen molar-refractivity contribution < 1.29 is 4.79 Å². The van der Waals surface area contributed by atoms with Gasteiger partial charge in [-0.25, -0.2) is 4.98 Å². The van der Waals surface area contributed by atoms with E-state index >= 15 is 0 Å². The number of aryl methyl sites for hydroxylation is 2. The summed E-state index contributed by atoms with van der Waals surface area (Å²) in [6, 6.07) is 13.5. The van der Waals surface area contributed by atoms with E-state index in [1.807, 2.05) is 67.1 Å². The molecule has 0 aliphatic rings. The summed E-state index contributed by atoms with van der Waals surface area (Å²) in [7, 11) is 0. The van der Waals surface area contributed by atoms with Crippen LogP contribution in [0.3, 0.4) is 0 Å². The van der Waals surface area contributed by atoms with Crippen LogP contribution in [0.2, 0.25) is 0 Å². The molecule has 0 fully saturated rings. The predicted octanol–water partition coefficient (Wildman–Crippen LogP) is 3.72. The molecule has 1 aromatic heterocycles. The molecule has 0 bridgehead atoms. The summed E-state index contributed by atoms with van der Waals surface area (Å²) in [5, 5.41) is 0. The molecule has 0 unspecified atom stereocenters. The molecule has 0 atom stereocenters. The highest BCUT2D eigenvalue weighted by Gasteiger charge is 2.14. The summed E-state index contributed by atoms with van der Waals surface area (Å²) < 4.78 is 1.91. The predicted molar refractivity (Wildman–Crippen MR) is 82.9 cm³/mol. The first-order valence-electron chi connectivity index (χ1n) is 6.86. The van der Waals surface area contributed by atoms with E-state index in [0.717, 1.165) is 22.4 Å². The Hall–Kier alpha value is -2.68. The normalized spacial score (nSPS) is 10.6. The number of carbonyl (C=O) groups excluding carboxylic acids is 1. The minimum atomic E-state index is 0.0720. The Balaban J connectivity index is 1.96. The van der Waals surface area contributed by atoms with Crippen LogP contribution in [0.4, 0.5) is 0 Å². The van der Waals surface area contributed by atoms with E-state index in [9.17, 15) is 4.79 Å². The van der Waals surface area contributed by atoms with Crippen LogP contribution < -0.4 is 0 Å². The molecule has 0 saturated heterocycles. The fourth-order valence-electron chi connectivity index (χ4n) is 2.51. The maximum atomic E-state index is 12.7. The van der Waals surface area contributed by atoms with Crippen LogP contribution in [0, 0.1) is 13.8 Å². The molecule has 0 saturated carbocycles. The molecule has 0 radical (unpaired) electrons. The Morgan fingerprint density at radius 1 is 1.00 bits per heavy atom. The average molecular weight is 276 g/mol. The zero-order valence-electron chi connectivity index (χ0n) is 12.1. The number of ketones is 1. The largest absolute Gasteiger partial charge is 0.306 e. The standard InChI is InChI=1S/C18H16N2O/c1-13-4-3-5-14(2)17(13)18(21)15-6-8-16(9-7-15)20-11-10-19-12-20/h3-12H,1-2H3. The Bertz CT molecular complexity index is 751. The summed E-state index contributed by atoms with van der Waals surface area (Å²) in [5.41, 5.74) is 4.52. The summed E-state index contributed by atoms with van der Waals surface area (Å²) in [4.78, 5) is 16.7. The van der Waals surface area contributed by atoms with E-state index in [1.54, 1.807) is 12.5 Å². The number of rotatable bonds is 3. The molecular formula is C18H16N2O. The molecule has 0 aliphatic heterocycles. The van der Waals surface area contributed by atoms with Gasteiger partial charge in [-0.3, -0.25) is 4.79 Å². The maximum absolute atomic E-state index is 12.7. The Morgan fingerprint density at radius 3 is 2.24 bits per heavy atom. The molecule has 0 spiro atoms. The van der Waals surface area contributed by atoms with E-state index < -0.39 is 0 Å². The first-order chi connectivity index (χ1) is 10.2. The van der Waals surface area contributed by atoms with Gasteiger partial charge in [0.1, 0.15) is 0 Å². The number of hydrogen-bond donors (Lipinski definition) is 0. The summed E-state index contributed by atoms with van der Waals surface area (Å²) in [6.07, 6.45) is 5.35. The molecule has 3 heteroatoms. The second-order valence-electron chi connectivity index (χ2n) is 5.11. The fourth-order valence-corrected chi connectivity index (χ4v) is 2.51. The van der Waals surface area contributed by atoms with Gasteiger partial charge in [0.15, 0.2) is 5.78 Å². The van der Waals surface area contributed by atoms with Crippen LogP contribution in [0.25, 0.3) is 5.69 Å². The van der Waals surface area contributed by atoms with Crippen LogP contribution in [0.5, 0.6) is 0 Å². The lowest BCUT2D eigenvalue weighted by Gasteiger charge is -2.09. The lowest BCUT2D eigenvalue weighted by molar-refractivity contribution is 0.103. The van der Waals surface area contributed by atoms with E-state index in [1.165, 1.54) is 0 Å². The highest BCUT2D eigenvalue weighted by molar-refractivity contribution is 6.10. The van der Waals surface area contributed by atoms with Crippen LogP contribution in [-0.2, 0) is 0 Å². The molecule has 3 aromatic rings. The molecule has 3 nitrogen and oxygen atoms in total. The van der Waals surface area contributed by atoms with Crippen LogP contribution >= 0.6 is 0 Å². The molecule has 0 amide bonds. The third-order valence-corrected chi connectivity index (χ3v) is 3.64. The average Bonchev–Trinajstić information content (AvgIpc) is 3.01. The Morgan fingerprint density at radius 2 is 1.67 bits per heavy atom. The van der Waals surface area contributed by atoms with Crippen LogP contribution in [0.15, 0.2) is 61.2 Å². The zero-order chi connectivity index (χ0) is 14.8. The van der Waals surface area contributed by atoms with Crippen molar-refractivity contribution in [3.8, 4) is 5.69 Å². The zero-order valence-corrected chi connectivity index (χ0v) is 12.1. The lowest BCUT2D eigenvalue weighted by Crippen LogP contribution is -2.06. The van der Waals surface area contributed by atoms with Crippen molar-refractivity contribution in [3.05, 3.63) is 83.4 Å². The van der Waals surface area contributed by atoms with E-state index in [2.05, 4.69) is 4.98 Å². The molecule has 2 aromatic carbocycles. The number of imidazole rings is 1. The molecule has 3 rings (SSSR count). The third-order valence-electron chi connectivity index (χ3n) is 3.64. The van der Waals surface area contributed by atoms with Gasteiger partial charge in [-0.1, -0.05) is 18.2 Å². The number of nitrogens with zero attached hydrogens (tertiary/aromatic N) is 2. The smallest absolute Gasteiger partial charge is 0.193 e. The van der Waals surface area contributed by atoms with Gasteiger partial charge in [0.25, 0.3) is 0 Å². The highest BCUT2D eigenvalue weighted by atomic mass is 16.1. The van der Waals surface area contributed by atoms with Gasteiger partial charge in [-0.05, 0) is 49.2 Å². The number of benzene rings is 2. The fraction of sp³-hybridized carbons (Fsp3) is 0.111.